The second-order valence-corrected chi connectivity index (χ2v) is 10.1. The predicted octanol–water partition coefficient (Wildman–Crippen LogP) is 6.37. The Morgan fingerprint density at radius 3 is 2.69 bits per heavy atom. The molecule has 1 amide bonds. The van der Waals surface area contributed by atoms with E-state index in [4.69, 9.17) is 21.1 Å². The van der Waals surface area contributed by atoms with E-state index in [9.17, 15) is 14.0 Å². The quantitative estimate of drug-likeness (QED) is 0.221. The van der Waals surface area contributed by atoms with Crippen LogP contribution in [0.5, 0.6) is 11.5 Å². The summed E-state index contributed by atoms with van der Waals surface area (Å²) in [5, 5.41) is 7.47. The lowest BCUT2D eigenvalue weighted by Crippen LogP contribution is -2.23. The lowest BCUT2D eigenvalue weighted by Gasteiger charge is -2.15. The summed E-state index contributed by atoms with van der Waals surface area (Å²) in [5.74, 6) is -0.268. The van der Waals surface area contributed by atoms with E-state index in [1.165, 1.54) is 29.1 Å². The fourth-order valence-corrected chi connectivity index (χ4v) is 4.36. The third kappa shape index (κ3) is 6.63. The highest BCUT2D eigenvalue weighted by atomic mass is 79.9. The van der Waals surface area contributed by atoms with Crippen molar-refractivity contribution in [2.45, 2.75) is 26.7 Å². The molecule has 39 heavy (non-hydrogen) atoms. The van der Waals surface area contributed by atoms with Crippen LogP contribution in [0.2, 0.25) is 5.02 Å². The molecule has 4 aromatic rings. The summed E-state index contributed by atoms with van der Waals surface area (Å²) < 4.78 is 27.2. The van der Waals surface area contributed by atoms with Crippen molar-refractivity contribution < 1.29 is 18.7 Å². The van der Waals surface area contributed by atoms with Crippen molar-refractivity contribution in [2.75, 3.05) is 18.5 Å². The first kappa shape index (κ1) is 28.3. The van der Waals surface area contributed by atoms with Crippen LogP contribution < -0.4 is 20.3 Å². The molecule has 3 aromatic carbocycles. The first-order valence-electron chi connectivity index (χ1n) is 12.1. The van der Waals surface area contributed by atoms with Gasteiger partial charge in [-0.1, -0.05) is 53.5 Å². The molecule has 0 aliphatic heterocycles. The number of anilines is 1. The van der Waals surface area contributed by atoms with E-state index >= 15 is 0 Å². The van der Waals surface area contributed by atoms with Crippen molar-refractivity contribution >= 4 is 56.2 Å². The van der Waals surface area contributed by atoms with Gasteiger partial charge < -0.3 is 14.8 Å². The van der Waals surface area contributed by atoms with Gasteiger partial charge in [0.05, 0.1) is 34.4 Å². The van der Waals surface area contributed by atoms with Crippen LogP contribution in [0.3, 0.4) is 0 Å². The third-order valence-electron chi connectivity index (χ3n) is 5.50. The molecule has 0 aliphatic rings. The Hall–Kier alpha value is -3.76. The maximum absolute atomic E-state index is 13.8. The Balaban J connectivity index is 1.62. The van der Waals surface area contributed by atoms with Crippen LogP contribution in [0.1, 0.15) is 38.1 Å². The molecule has 0 bridgehead atoms. The first-order valence-corrected chi connectivity index (χ1v) is 13.2. The van der Waals surface area contributed by atoms with Crippen LogP contribution in [0, 0.1) is 5.82 Å². The minimum atomic E-state index is -0.569. The average molecular weight is 616 g/mol. The summed E-state index contributed by atoms with van der Waals surface area (Å²) in [5.41, 5.74) is 0.849. The fourth-order valence-electron chi connectivity index (χ4n) is 3.73. The van der Waals surface area contributed by atoms with Gasteiger partial charge in [-0.3, -0.25) is 9.59 Å². The summed E-state index contributed by atoms with van der Waals surface area (Å²) in [7, 11) is 0. The molecular formula is C28H25BrClFN4O4. The zero-order valence-corrected chi connectivity index (χ0v) is 23.7. The second-order valence-electron chi connectivity index (χ2n) is 8.73. The zero-order chi connectivity index (χ0) is 28.1. The Morgan fingerprint density at radius 1 is 1.21 bits per heavy atom. The van der Waals surface area contributed by atoms with Gasteiger partial charge >= 0.3 is 0 Å². The smallest absolute Gasteiger partial charge is 0.282 e. The Labute approximate surface area is 237 Å². The van der Waals surface area contributed by atoms with E-state index in [-0.39, 0.29) is 33.7 Å². The lowest BCUT2D eigenvalue weighted by molar-refractivity contribution is -0.118. The van der Waals surface area contributed by atoms with Gasteiger partial charge in [0.1, 0.15) is 11.6 Å². The third-order valence-corrected chi connectivity index (χ3v) is 6.27. The number of halogens is 3. The van der Waals surface area contributed by atoms with Crippen LogP contribution in [-0.4, -0.2) is 35.0 Å². The molecule has 1 heterocycles. The summed E-state index contributed by atoms with van der Waals surface area (Å²) in [6, 6.07) is 14.3. The van der Waals surface area contributed by atoms with E-state index in [0.29, 0.717) is 28.9 Å². The number of hydrogen-bond acceptors (Lipinski definition) is 6. The molecule has 0 aliphatic carbocycles. The minimum absolute atomic E-state index is 0.0420. The van der Waals surface area contributed by atoms with E-state index in [1.807, 2.05) is 19.9 Å². The summed E-state index contributed by atoms with van der Waals surface area (Å²) in [6.07, 6.45) is 1.47. The maximum Gasteiger partial charge on any atom is 0.282 e. The number of rotatable bonds is 9. The molecule has 0 fully saturated rings. The average Bonchev–Trinajstić information content (AvgIpc) is 2.89. The van der Waals surface area contributed by atoms with Crippen molar-refractivity contribution in [2.24, 2.45) is 5.10 Å². The van der Waals surface area contributed by atoms with Crippen LogP contribution >= 0.6 is 27.5 Å². The molecule has 0 saturated carbocycles. The van der Waals surface area contributed by atoms with E-state index < -0.39 is 18.3 Å². The number of ether oxygens (including phenoxy) is 2. The van der Waals surface area contributed by atoms with Crippen molar-refractivity contribution in [3.05, 3.63) is 91.7 Å². The number of fused-ring (bicyclic) bond motifs is 1. The molecule has 4 rings (SSSR count). The number of hydrogen-bond donors (Lipinski definition) is 1. The van der Waals surface area contributed by atoms with Crippen LogP contribution in [0.25, 0.3) is 10.9 Å². The normalized spacial score (nSPS) is 11.4. The summed E-state index contributed by atoms with van der Waals surface area (Å²) in [4.78, 5) is 30.2. The monoisotopic (exact) mass is 614 g/mol. The Kier molecular flexibility index (Phi) is 8.98. The highest BCUT2D eigenvalue weighted by molar-refractivity contribution is 9.10. The molecule has 0 atom stereocenters. The molecular weight excluding hydrogens is 591 g/mol. The summed E-state index contributed by atoms with van der Waals surface area (Å²) >= 11 is 9.88. The number of aromatic nitrogens is 2. The molecule has 0 saturated heterocycles. The Bertz CT molecular complexity index is 1620. The van der Waals surface area contributed by atoms with Gasteiger partial charge in [-0.2, -0.15) is 9.78 Å². The standard InChI is InChI=1S/C28H25BrClFN4O4/c1-4-38-24-12-17(11-20(30)26(24)39-15-25(36)33-23-8-6-5-7-21(23)31)14-32-35-27(16(2)3)34-22-10-9-18(29)13-19(22)28(35)37/h5-14,16H,4,15H2,1-3H3,(H,33,36). The van der Waals surface area contributed by atoms with Crippen molar-refractivity contribution in [1.29, 1.82) is 0 Å². The molecule has 8 nitrogen and oxygen atoms in total. The highest BCUT2D eigenvalue weighted by Gasteiger charge is 2.16. The minimum Gasteiger partial charge on any atom is -0.490 e. The SMILES string of the molecule is CCOc1cc(C=Nn2c(C(C)C)nc3ccc(Br)cc3c2=O)cc(Cl)c1OCC(=O)Nc1ccccc1F. The van der Waals surface area contributed by atoms with Gasteiger partial charge in [0.2, 0.25) is 0 Å². The number of nitrogens with one attached hydrogen (secondary N) is 1. The van der Waals surface area contributed by atoms with Gasteiger partial charge in [0.25, 0.3) is 11.5 Å². The van der Waals surface area contributed by atoms with Crippen LogP contribution in [0.4, 0.5) is 10.1 Å². The topological polar surface area (TPSA) is 94.8 Å². The van der Waals surface area contributed by atoms with E-state index in [2.05, 4.69) is 31.3 Å². The van der Waals surface area contributed by atoms with Gasteiger partial charge in [-0.05, 0) is 55.0 Å². The van der Waals surface area contributed by atoms with Gasteiger partial charge in [0.15, 0.2) is 18.1 Å². The van der Waals surface area contributed by atoms with Crippen molar-refractivity contribution in [3.8, 4) is 11.5 Å². The van der Waals surface area contributed by atoms with E-state index in [0.717, 1.165) is 4.47 Å². The molecule has 202 valence electrons. The molecule has 0 unspecified atom stereocenters. The van der Waals surface area contributed by atoms with Gasteiger partial charge in [-0.25, -0.2) is 9.37 Å². The van der Waals surface area contributed by atoms with Crippen molar-refractivity contribution in [3.63, 3.8) is 0 Å². The largest absolute Gasteiger partial charge is 0.490 e. The lowest BCUT2D eigenvalue weighted by atomic mass is 10.2. The molecule has 0 radical (unpaired) electrons. The zero-order valence-electron chi connectivity index (χ0n) is 21.4. The molecule has 1 aromatic heterocycles. The molecule has 1 N–H and O–H groups in total. The van der Waals surface area contributed by atoms with Crippen LogP contribution in [0.15, 0.2) is 69.0 Å². The maximum atomic E-state index is 13.8. The first-order chi connectivity index (χ1) is 18.7. The van der Waals surface area contributed by atoms with Gasteiger partial charge in [0, 0.05) is 10.4 Å². The van der Waals surface area contributed by atoms with E-state index in [1.54, 1.807) is 37.3 Å². The fraction of sp³-hybridized carbons (Fsp3) is 0.214. The van der Waals surface area contributed by atoms with Crippen LogP contribution in [-0.2, 0) is 4.79 Å². The number of carbonyl (C=O) groups is 1. The number of carbonyl (C=O) groups excluding carboxylic acids is 1. The molecule has 0 spiro atoms. The predicted molar refractivity (Wildman–Crippen MR) is 154 cm³/mol. The van der Waals surface area contributed by atoms with Crippen molar-refractivity contribution in [1.82, 2.24) is 9.66 Å². The number of para-hydroxylation sites is 1. The number of amides is 1. The molecule has 11 heteroatoms. The van der Waals surface area contributed by atoms with Gasteiger partial charge in [-0.15, -0.1) is 0 Å². The Morgan fingerprint density at radius 2 is 1.97 bits per heavy atom. The number of nitrogens with zero attached hydrogens (tertiary/aromatic N) is 3. The summed E-state index contributed by atoms with van der Waals surface area (Å²) in [6.45, 7) is 5.52. The number of benzene rings is 3. The highest BCUT2D eigenvalue weighted by Crippen LogP contribution is 2.36. The second kappa shape index (κ2) is 12.4.